The summed E-state index contributed by atoms with van der Waals surface area (Å²) in [6.45, 7) is 2.21. The molecule has 2 saturated heterocycles. The van der Waals surface area contributed by atoms with Gasteiger partial charge in [-0.15, -0.1) is 11.3 Å². The Morgan fingerprint density at radius 1 is 1.10 bits per heavy atom. The molecular weight excluding hydrogens is 406 g/mol. The van der Waals surface area contributed by atoms with Gasteiger partial charge in [0.05, 0.1) is 33.3 Å². The zero-order valence-electron chi connectivity index (χ0n) is 16.5. The van der Waals surface area contributed by atoms with Crippen molar-refractivity contribution in [1.82, 2.24) is 14.8 Å². The van der Waals surface area contributed by atoms with Gasteiger partial charge in [-0.3, -0.25) is 9.69 Å². The van der Waals surface area contributed by atoms with E-state index < -0.39 is 9.84 Å². The van der Waals surface area contributed by atoms with E-state index in [2.05, 4.69) is 23.1 Å². The number of para-hydroxylation sites is 1. The molecule has 1 saturated carbocycles. The maximum Gasteiger partial charge on any atom is 0.237 e. The predicted octanol–water partition coefficient (Wildman–Crippen LogP) is 2.65. The number of hydrogen-bond donors (Lipinski definition) is 0. The molecule has 2 aliphatic heterocycles. The van der Waals surface area contributed by atoms with Crippen LogP contribution in [0.2, 0.25) is 0 Å². The Bertz CT molecular complexity index is 974. The van der Waals surface area contributed by atoms with Crippen LogP contribution >= 0.6 is 11.3 Å². The lowest BCUT2D eigenvalue weighted by Crippen LogP contribution is -2.48. The van der Waals surface area contributed by atoms with Crippen molar-refractivity contribution in [3.8, 4) is 0 Å². The number of carbonyl (C=O) groups is 1. The molecule has 0 N–H and O–H groups in total. The second kappa shape index (κ2) is 7.63. The minimum absolute atomic E-state index is 0.111. The first-order valence-corrected chi connectivity index (χ1v) is 13.2. The number of fused-ring (bicyclic) bond motifs is 1. The van der Waals surface area contributed by atoms with E-state index in [4.69, 9.17) is 4.98 Å². The predicted molar refractivity (Wildman–Crippen MR) is 115 cm³/mol. The van der Waals surface area contributed by atoms with Crippen molar-refractivity contribution >= 4 is 37.3 Å². The summed E-state index contributed by atoms with van der Waals surface area (Å²) in [6, 6.07) is 8.43. The molecule has 1 aliphatic carbocycles. The quantitative estimate of drug-likeness (QED) is 0.725. The summed E-state index contributed by atoms with van der Waals surface area (Å²) >= 11 is 1.79. The molecule has 1 aromatic carbocycles. The first-order chi connectivity index (χ1) is 14.0. The molecule has 5 rings (SSSR count). The van der Waals surface area contributed by atoms with Crippen molar-refractivity contribution in [2.45, 2.75) is 50.1 Å². The molecule has 0 bridgehead atoms. The van der Waals surface area contributed by atoms with Crippen molar-refractivity contribution in [2.75, 3.05) is 31.1 Å². The van der Waals surface area contributed by atoms with Crippen LogP contribution in [0.25, 0.3) is 10.2 Å². The number of piperidine rings is 1. The van der Waals surface area contributed by atoms with Crippen molar-refractivity contribution in [3.63, 3.8) is 0 Å². The van der Waals surface area contributed by atoms with Gasteiger partial charge in [-0.1, -0.05) is 12.1 Å². The monoisotopic (exact) mass is 433 g/mol. The fraction of sp³-hybridized carbons (Fsp3) is 0.619. The zero-order chi connectivity index (χ0) is 20.0. The highest BCUT2D eigenvalue weighted by molar-refractivity contribution is 7.91. The van der Waals surface area contributed by atoms with Gasteiger partial charge in [0.1, 0.15) is 0 Å². The Morgan fingerprint density at radius 2 is 1.86 bits per heavy atom. The number of nitrogens with zero attached hydrogens (tertiary/aromatic N) is 3. The van der Waals surface area contributed by atoms with E-state index in [0.29, 0.717) is 18.9 Å². The maximum absolute atomic E-state index is 13.0. The van der Waals surface area contributed by atoms with Crippen molar-refractivity contribution in [1.29, 1.82) is 0 Å². The van der Waals surface area contributed by atoms with E-state index >= 15 is 0 Å². The van der Waals surface area contributed by atoms with E-state index in [9.17, 15) is 13.2 Å². The molecule has 1 unspecified atom stereocenters. The molecule has 2 aromatic rings. The van der Waals surface area contributed by atoms with E-state index in [-0.39, 0.29) is 29.5 Å². The molecule has 1 aromatic heterocycles. The third-order valence-corrected chi connectivity index (χ3v) is 9.39. The number of benzene rings is 1. The summed E-state index contributed by atoms with van der Waals surface area (Å²) in [5.74, 6) is 0.961. The third-order valence-electron chi connectivity index (χ3n) is 6.44. The molecule has 0 radical (unpaired) electrons. The number of hydrogen-bond acceptors (Lipinski definition) is 6. The SMILES string of the molecule is O=C(CN1CCC(c2nc3ccccc3s2)CC1)N(C1CC1)C1CCS(=O)(=O)C1. The van der Waals surface area contributed by atoms with Crippen LogP contribution in [-0.4, -0.2) is 72.3 Å². The Morgan fingerprint density at radius 3 is 2.52 bits per heavy atom. The molecule has 6 nitrogen and oxygen atoms in total. The second-order valence-corrected chi connectivity index (χ2v) is 12.0. The normalized spacial score (nSPS) is 25.4. The Kier molecular flexibility index (Phi) is 5.12. The summed E-state index contributed by atoms with van der Waals surface area (Å²) in [5, 5.41) is 1.22. The molecule has 3 heterocycles. The van der Waals surface area contributed by atoms with Gasteiger partial charge in [-0.2, -0.15) is 0 Å². The van der Waals surface area contributed by atoms with Crippen molar-refractivity contribution in [2.24, 2.45) is 0 Å². The highest BCUT2D eigenvalue weighted by Gasteiger charge is 2.42. The standard InChI is InChI=1S/C21H27N3O3S2/c25-20(24(16-5-6-16)17-9-12-29(26,27)14-17)13-23-10-7-15(8-11-23)21-22-18-3-1-2-4-19(18)28-21/h1-4,15-17H,5-14H2. The second-order valence-electron chi connectivity index (χ2n) is 8.66. The number of sulfone groups is 1. The average Bonchev–Trinajstić information content (AvgIpc) is 3.32. The smallest absolute Gasteiger partial charge is 0.237 e. The molecule has 3 aliphatic rings. The highest BCUT2D eigenvalue weighted by Crippen LogP contribution is 2.35. The molecular formula is C21H27N3O3S2. The van der Waals surface area contributed by atoms with Gasteiger partial charge in [0, 0.05) is 18.0 Å². The minimum Gasteiger partial charge on any atom is -0.335 e. The summed E-state index contributed by atoms with van der Waals surface area (Å²) < 4.78 is 25.0. The minimum atomic E-state index is -2.98. The van der Waals surface area contributed by atoms with Gasteiger partial charge < -0.3 is 4.90 Å². The summed E-state index contributed by atoms with van der Waals surface area (Å²) in [5.41, 5.74) is 1.08. The van der Waals surface area contributed by atoms with Crippen LogP contribution in [0.1, 0.15) is 43.0 Å². The van der Waals surface area contributed by atoms with Crippen LogP contribution in [0.3, 0.4) is 0 Å². The first kappa shape index (κ1) is 19.5. The average molecular weight is 434 g/mol. The van der Waals surface area contributed by atoms with Crippen LogP contribution in [-0.2, 0) is 14.6 Å². The van der Waals surface area contributed by atoms with Crippen molar-refractivity contribution < 1.29 is 13.2 Å². The number of aromatic nitrogens is 1. The topological polar surface area (TPSA) is 70.6 Å². The van der Waals surface area contributed by atoms with Crippen LogP contribution in [0.4, 0.5) is 0 Å². The molecule has 8 heteroatoms. The van der Waals surface area contributed by atoms with Gasteiger partial charge in [0.2, 0.25) is 5.91 Å². The van der Waals surface area contributed by atoms with E-state index in [1.54, 1.807) is 11.3 Å². The van der Waals surface area contributed by atoms with Gasteiger partial charge >= 0.3 is 0 Å². The zero-order valence-corrected chi connectivity index (χ0v) is 18.1. The largest absolute Gasteiger partial charge is 0.335 e. The van der Waals surface area contributed by atoms with Crippen LogP contribution in [0, 0.1) is 0 Å². The van der Waals surface area contributed by atoms with E-state index in [1.807, 2.05) is 11.0 Å². The molecule has 29 heavy (non-hydrogen) atoms. The third kappa shape index (κ3) is 4.20. The lowest BCUT2D eigenvalue weighted by Gasteiger charge is -2.34. The van der Waals surface area contributed by atoms with Gasteiger partial charge in [-0.05, 0) is 57.3 Å². The Hall–Kier alpha value is -1.51. The summed E-state index contributed by atoms with van der Waals surface area (Å²) in [6.07, 6.45) is 4.68. The number of rotatable bonds is 5. The van der Waals surface area contributed by atoms with Gasteiger partial charge in [0.25, 0.3) is 0 Å². The summed E-state index contributed by atoms with van der Waals surface area (Å²) in [4.78, 5) is 22.0. The van der Waals surface area contributed by atoms with E-state index in [1.165, 1.54) is 9.71 Å². The van der Waals surface area contributed by atoms with Crippen LogP contribution in [0.15, 0.2) is 24.3 Å². The molecule has 1 amide bonds. The molecule has 1 atom stereocenters. The van der Waals surface area contributed by atoms with E-state index in [0.717, 1.165) is 44.3 Å². The van der Waals surface area contributed by atoms with Crippen molar-refractivity contribution in [3.05, 3.63) is 29.3 Å². The fourth-order valence-electron chi connectivity index (χ4n) is 4.73. The summed E-state index contributed by atoms with van der Waals surface area (Å²) in [7, 11) is -2.98. The number of likely N-dealkylation sites (tertiary alicyclic amines) is 1. The number of amides is 1. The Balaban J connectivity index is 1.19. The van der Waals surface area contributed by atoms with Crippen LogP contribution in [0.5, 0.6) is 0 Å². The highest BCUT2D eigenvalue weighted by atomic mass is 32.2. The lowest BCUT2D eigenvalue weighted by atomic mass is 9.97. The Labute approximate surface area is 175 Å². The van der Waals surface area contributed by atoms with Crippen LogP contribution < -0.4 is 0 Å². The van der Waals surface area contributed by atoms with Gasteiger partial charge in [-0.25, -0.2) is 13.4 Å². The molecule has 156 valence electrons. The van der Waals surface area contributed by atoms with Gasteiger partial charge in [0.15, 0.2) is 9.84 Å². The maximum atomic E-state index is 13.0. The molecule has 3 fully saturated rings. The first-order valence-electron chi connectivity index (χ1n) is 10.6. The number of thiazole rings is 1. The molecule has 0 spiro atoms. The number of carbonyl (C=O) groups excluding carboxylic acids is 1. The lowest BCUT2D eigenvalue weighted by molar-refractivity contribution is -0.135. The fourth-order valence-corrected chi connectivity index (χ4v) is 7.58.